The summed E-state index contributed by atoms with van der Waals surface area (Å²) in [5.74, 6) is -0.318. The number of rotatable bonds is 4. The van der Waals surface area contributed by atoms with Crippen LogP contribution in [0, 0.1) is 24.1 Å². The van der Waals surface area contributed by atoms with E-state index in [1.165, 1.54) is 18.2 Å². The smallest absolute Gasteiger partial charge is 0.255 e. The SMILES string of the molecule is Cc1cc(C(=O)Nc2ccccc2OCC#N)ccc1F. The van der Waals surface area contributed by atoms with E-state index in [9.17, 15) is 9.18 Å². The van der Waals surface area contributed by atoms with Crippen molar-refractivity contribution in [3.8, 4) is 11.8 Å². The van der Waals surface area contributed by atoms with Crippen LogP contribution in [0.5, 0.6) is 5.75 Å². The molecule has 1 N–H and O–H groups in total. The summed E-state index contributed by atoms with van der Waals surface area (Å²) in [5.41, 5.74) is 1.21. The number of carbonyl (C=O) groups excluding carboxylic acids is 1. The van der Waals surface area contributed by atoms with Crippen LogP contribution < -0.4 is 10.1 Å². The summed E-state index contributed by atoms with van der Waals surface area (Å²) in [5, 5.41) is 11.2. The van der Waals surface area contributed by atoms with Gasteiger partial charge in [0, 0.05) is 5.56 Å². The summed E-state index contributed by atoms with van der Waals surface area (Å²) in [6.45, 7) is 1.48. The average Bonchev–Trinajstić information content (AvgIpc) is 2.49. The lowest BCUT2D eigenvalue weighted by molar-refractivity contribution is 0.102. The van der Waals surface area contributed by atoms with Gasteiger partial charge in [-0.2, -0.15) is 5.26 Å². The summed E-state index contributed by atoms with van der Waals surface area (Å²) < 4.78 is 18.4. The molecular weight excluding hydrogens is 271 g/mol. The third-order valence-electron chi connectivity index (χ3n) is 2.85. The molecule has 0 aromatic heterocycles. The number of hydrogen-bond acceptors (Lipinski definition) is 3. The maximum absolute atomic E-state index is 13.2. The van der Waals surface area contributed by atoms with Gasteiger partial charge in [0.1, 0.15) is 17.6 Å². The molecule has 106 valence electrons. The third kappa shape index (κ3) is 3.57. The van der Waals surface area contributed by atoms with Gasteiger partial charge in [0.2, 0.25) is 0 Å². The van der Waals surface area contributed by atoms with Crippen LogP contribution in [0.1, 0.15) is 15.9 Å². The van der Waals surface area contributed by atoms with E-state index in [0.29, 0.717) is 22.6 Å². The maximum atomic E-state index is 13.2. The number of nitrogens with zero attached hydrogens (tertiary/aromatic N) is 1. The highest BCUT2D eigenvalue weighted by Crippen LogP contribution is 2.24. The van der Waals surface area contributed by atoms with Crippen molar-refractivity contribution in [3.05, 3.63) is 59.4 Å². The molecule has 0 aliphatic heterocycles. The first-order valence-corrected chi connectivity index (χ1v) is 6.28. The Morgan fingerprint density at radius 3 is 2.81 bits per heavy atom. The number of nitriles is 1. The topological polar surface area (TPSA) is 62.1 Å². The molecule has 2 rings (SSSR count). The number of ether oxygens (including phenoxy) is 1. The number of hydrogen-bond donors (Lipinski definition) is 1. The molecule has 0 fully saturated rings. The molecular formula is C16H13FN2O2. The molecule has 2 aromatic carbocycles. The van der Waals surface area contributed by atoms with Crippen molar-refractivity contribution in [2.24, 2.45) is 0 Å². The quantitative estimate of drug-likeness (QED) is 0.937. The van der Waals surface area contributed by atoms with Crippen molar-refractivity contribution in [3.63, 3.8) is 0 Å². The number of amides is 1. The monoisotopic (exact) mass is 284 g/mol. The number of benzene rings is 2. The molecule has 0 spiro atoms. The Hall–Kier alpha value is -2.87. The van der Waals surface area contributed by atoms with Gasteiger partial charge in [0.25, 0.3) is 5.91 Å². The Balaban J connectivity index is 2.19. The van der Waals surface area contributed by atoms with Crippen LogP contribution in [0.15, 0.2) is 42.5 Å². The number of para-hydroxylation sites is 2. The van der Waals surface area contributed by atoms with Crippen LogP contribution >= 0.6 is 0 Å². The Labute approximate surface area is 121 Å². The van der Waals surface area contributed by atoms with Gasteiger partial charge in [-0.05, 0) is 42.8 Å². The summed E-state index contributed by atoms with van der Waals surface area (Å²) in [6.07, 6.45) is 0. The normalized spacial score (nSPS) is 9.76. The summed E-state index contributed by atoms with van der Waals surface area (Å²) in [4.78, 5) is 12.1. The highest BCUT2D eigenvalue weighted by Gasteiger charge is 2.11. The first-order chi connectivity index (χ1) is 10.1. The highest BCUT2D eigenvalue weighted by molar-refractivity contribution is 6.05. The van der Waals surface area contributed by atoms with Gasteiger partial charge in [-0.25, -0.2) is 4.39 Å². The van der Waals surface area contributed by atoms with E-state index >= 15 is 0 Å². The molecule has 0 aliphatic carbocycles. The lowest BCUT2D eigenvalue weighted by Gasteiger charge is -2.11. The summed E-state index contributed by atoms with van der Waals surface area (Å²) in [7, 11) is 0. The van der Waals surface area contributed by atoms with Gasteiger partial charge in [-0.1, -0.05) is 12.1 Å². The Morgan fingerprint density at radius 1 is 1.33 bits per heavy atom. The van der Waals surface area contributed by atoms with Gasteiger partial charge in [0.05, 0.1) is 5.69 Å². The number of carbonyl (C=O) groups is 1. The number of anilines is 1. The zero-order valence-electron chi connectivity index (χ0n) is 11.4. The molecule has 0 heterocycles. The molecule has 4 nitrogen and oxygen atoms in total. The van der Waals surface area contributed by atoms with Crippen LogP contribution in [0.3, 0.4) is 0 Å². The highest BCUT2D eigenvalue weighted by atomic mass is 19.1. The molecule has 5 heteroatoms. The number of aryl methyl sites for hydroxylation is 1. The molecule has 0 bridgehead atoms. The van der Waals surface area contributed by atoms with Gasteiger partial charge in [-0.3, -0.25) is 4.79 Å². The summed E-state index contributed by atoms with van der Waals surface area (Å²) >= 11 is 0. The first kappa shape index (κ1) is 14.5. The lowest BCUT2D eigenvalue weighted by Crippen LogP contribution is -2.13. The van der Waals surface area contributed by atoms with Crippen LogP contribution in [0.25, 0.3) is 0 Å². The van der Waals surface area contributed by atoms with Crippen molar-refractivity contribution < 1.29 is 13.9 Å². The van der Waals surface area contributed by atoms with Gasteiger partial charge >= 0.3 is 0 Å². The predicted octanol–water partition coefficient (Wildman–Crippen LogP) is 3.29. The second-order valence-electron chi connectivity index (χ2n) is 4.36. The van der Waals surface area contributed by atoms with E-state index in [1.54, 1.807) is 31.2 Å². The standard InChI is InChI=1S/C16H13FN2O2/c1-11-10-12(6-7-13(11)17)16(20)19-14-4-2-3-5-15(14)21-9-8-18/h2-7,10H,9H2,1H3,(H,19,20). The van der Waals surface area contributed by atoms with Crippen molar-refractivity contribution in [2.45, 2.75) is 6.92 Å². The molecule has 0 unspecified atom stereocenters. The Kier molecular flexibility index (Phi) is 4.52. The van der Waals surface area contributed by atoms with E-state index in [2.05, 4.69) is 5.32 Å². The Bertz CT molecular complexity index is 708. The van der Waals surface area contributed by atoms with E-state index in [-0.39, 0.29) is 18.3 Å². The predicted molar refractivity (Wildman–Crippen MR) is 76.6 cm³/mol. The van der Waals surface area contributed by atoms with Crippen molar-refractivity contribution >= 4 is 11.6 Å². The zero-order chi connectivity index (χ0) is 15.2. The van der Waals surface area contributed by atoms with Crippen LogP contribution in [-0.2, 0) is 0 Å². The second-order valence-corrected chi connectivity index (χ2v) is 4.36. The molecule has 21 heavy (non-hydrogen) atoms. The van der Waals surface area contributed by atoms with E-state index < -0.39 is 0 Å². The number of nitrogens with one attached hydrogen (secondary N) is 1. The molecule has 0 radical (unpaired) electrons. The first-order valence-electron chi connectivity index (χ1n) is 6.28. The minimum Gasteiger partial charge on any atom is -0.477 e. The molecule has 0 saturated heterocycles. The second kappa shape index (κ2) is 6.53. The van der Waals surface area contributed by atoms with Crippen LogP contribution in [0.4, 0.5) is 10.1 Å². The average molecular weight is 284 g/mol. The van der Waals surface area contributed by atoms with E-state index in [4.69, 9.17) is 10.00 Å². The fraction of sp³-hybridized carbons (Fsp3) is 0.125. The zero-order valence-corrected chi connectivity index (χ0v) is 11.4. The van der Waals surface area contributed by atoms with Crippen LogP contribution in [0.2, 0.25) is 0 Å². The van der Waals surface area contributed by atoms with E-state index in [1.807, 2.05) is 6.07 Å². The lowest BCUT2D eigenvalue weighted by atomic mass is 10.1. The van der Waals surface area contributed by atoms with Gasteiger partial charge < -0.3 is 10.1 Å². The van der Waals surface area contributed by atoms with Gasteiger partial charge in [-0.15, -0.1) is 0 Å². The van der Waals surface area contributed by atoms with E-state index in [0.717, 1.165) is 0 Å². The van der Waals surface area contributed by atoms with Crippen molar-refractivity contribution in [2.75, 3.05) is 11.9 Å². The van der Waals surface area contributed by atoms with Crippen LogP contribution in [-0.4, -0.2) is 12.5 Å². The van der Waals surface area contributed by atoms with Gasteiger partial charge in [0.15, 0.2) is 6.61 Å². The molecule has 1 amide bonds. The van der Waals surface area contributed by atoms with Crippen molar-refractivity contribution in [1.82, 2.24) is 0 Å². The molecule has 0 saturated carbocycles. The minimum absolute atomic E-state index is 0.109. The molecule has 0 aliphatic rings. The summed E-state index contributed by atoms with van der Waals surface area (Å²) in [6, 6.07) is 12.8. The largest absolute Gasteiger partial charge is 0.477 e. The fourth-order valence-electron chi connectivity index (χ4n) is 1.79. The minimum atomic E-state index is -0.369. The number of halogens is 1. The third-order valence-corrected chi connectivity index (χ3v) is 2.85. The Morgan fingerprint density at radius 2 is 2.10 bits per heavy atom. The fourth-order valence-corrected chi connectivity index (χ4v) is 1.79. The van der Waals surface area contributed by atoms with Crippen molar-refractivity contribution in [1.29, 1.82) is 5.26 Å². The maximum Gasteiger partial charge on any atom is 0.255 e. The molecule has 0 atom stereocenters. The molecule has 2 aromatic rings.